The maximum Gasteiger partial charge on any atom is 0.410 e. The number of rotatable bonds is 4. The average molecular weight is 310 g/mol. The Morgan fingerprint density at radius 3 is 3.00 bits per heavy atom. The molecule has 0 aromatic carbocycles. The first-order chi connectivity index (χ1) is 9.94. The molecule has 1 unspecified atom stereocenters. The van der Waals surface area contributed by atoms with E-state index < -0.39 is 5.60 Å². The molecule has 0 bridgehead atoms. The van der Waals surface area contributed by atoms with Crippen LogP contribution in [0.1, 0.15) is 39.2 Å². The quantitative estimate of drug-likeness (QED) is 0.928. The van der Waals surface area contributed by atoms with Crippen molar-refractivity contribution < 1.29 is 9.53 Å². The van der Waals surface area contributed by atoms with E-state index in [9.17, 15) is 4.79 Å². The summed E-state index contributed by atoms with van der Waals surface area (Å²) in [7, 11) is 0. The van der Waals surface area contributed by atoms with Gasteiger partial charge in [0.2, 0.25) is 0 Å². The lowest BCUT2D eigenvalue weighted by molar-refractivity contribution is 0.0188. The Balaban J connectivity index is 1.74. The van der Waals surface area contributed by atoms with Gasteiger partial charge >= 0.3 is 6.09 Å². The lowest BCUT2D eigenvalue weighted by Crippen LogP contribution is -2.49. The van der Waals surface area contributed by atoms with Crippen LogP contribution in [0, 0.1) is 0 Å². The minimum atomic E-state index is -0.420. The van der Waals surface area contributed by atoms with Crippen molar-refractivity contribution in [3.8, 4) is 0 Å². The van der Waals surface area contributed by atoms with Crippen LogP contribution in [0.3, 0.4) is 0 Å². The fourth-order valence-corrected chi connectivity index (χ4v) is 3.19. The van der Waals surface area contributed by atoms with Crippen LogP contribution in [-0.4, -0.2) is 42.3 Å². The Bertz CT molecular complexity index is 440. The number of carbonyl (C=O) groups is 1. The fourth-order valence-electron chi connectivity index (χ4n) is 2.49. The van der Waals surface area contributed by atoms with Crippen LogP contribution in [0.25, 0.3) is 0 Å². The third-order valence-corrected chi connectivity index (χ3v) is 4.23. The number of amides is 1. The molecule has 1 N–H and O–H groups in total. The summed E-state index contributed by atoms with van der Waals surface area (Å²) >= 11 is 1.74. The molecule has 1 amide bonds. The molecule has 1 aliphatic rings. The minimum absolute atomic E-state index is 0.188. The van der Waals surface area contributed by atoms with Crippen molar-refractivity contribution in [1.29, 1.82) is 0 Å². The van der Waals surface area contributed by atoms with Crippen molar-refractivity contribution >= 4 is 17.4 Å². The normalized spacial score (nSPS) is 19.6. The van der Waals surface area contributed by atoms with E-state index in [0.29, 0.717) is 6.04 Å². The van der Waals surface area contributed by atoms with E-state index in [1.54, 1.807) is 11.3 Å². The van der Waals surface area contributed by atoms with E-state index >= 15 is 0 Å². The summed E-state index contributed by atoms with van der Waals surface area (Å²) in [4.78, 5) is 13.9. The molecule has 1 atom stereocenters. The number of carbonyl (C=O) groups excluding carboxylic acids is 1. The minimum Gasteiger partial charge on any atom is -0.444 e. The summed E-state index contributed by atoms with van der Waals surface area (Å²) in [6.45, 7) is 8.24. The zero-order valence-electron chi connectivity index (χ0n) is 13.2. The van der Waals surface area contributed by atoms with Crippen molar-refractivity contribution in [3.05, 3.63) is 22.4 Å². The van der Waals surface area contributed by atoms with Gasteiger partial charge in [-0.15, -0.1) is 0 Å². The molecule has 5 heteroatoms. The Hall–Kier alpha value is -1.07. The molecule has 1 fully saturated rings. The molecule has 2 heterocycles. The fraction of sp³-hybridized carbons (Fsp3) is 0.688. The standard InChI is InChI=1S/C16H26N2O2S/c1-16(2,3)20-15(19)18-9-4-5-14(11-18)17-8-6-13-7-10-21-12-13/h7,10,12,14,17H,4-6,8-9,11H2,1-3H3. The number of hydrogen-bond donors (Lipinski definition) is 1. The molecular formula is C16H26N2O2S. The first-order valence-corrected chi connectivity index (χ1v) is 8.61. The largest absolute Gasteiger partial charge is 0.444 e. The molecule has 1 aromatic heterocycles. The number of nitrogens with zero attached hydrogens (tertiary/aromatic N) is 1. The zero-order valence-corrected chi connectivity index (χ0v) is 14.0. The molecule has 21 heavy (non-hydrogen) atoms. The van der Waals surface area contributed by atoms with Gasteiger partial charge in [-0.2, -0.15) is 11.3 Å². The molecule has 1 aromatic rings. The SMILES string of the molecule is CC(C)(C)OC(=O)N1CCCC(NCCc2ccsc2)C1. The van der Waals surface area contributed by atoms with Crippen LogP contribution in [-0.2, 0) is 11.2 Å². The van der Waals surface area contributed by atoms with Crippen molar-refractivity contribution in [2.45, 2.75) is 51.7 Å². The second-order valence-electron chi connectivity index (χ2n) is 6.60. The van der Waals surface area contributed by atoms with E-state index in [2.05, 4.69) is 22.1 Å². The van der Waals surface area contributed by atoms with E-state index in [1.807, 2.05) is 25.7 Å². The van der Waals surface area contributed by atoms with Crippen molar-refractivity contribution in [2.24, 2.45) is 0 Å². The molecule has 0 aliphatic carbocycles. The van der Waals surface area contributed by atoms with Crippen LogP contribution < -0.4 is 5.32 Å². The van der Waals surface area contributed by atoms with Gasteiger partial charge in [-0.1, -0.05) is 0 Å². The van der Waals surface area contributed by atoms with Gasteiger partial charge in [0.15, 0.2) is 0 Å². The van der Waals surface area contributed by atoms with Crippen LogP contribution in [0.15, 0.2) is 16.8 Å². The summed E-state index contributed by atoms with van der Waals surface area (Å²) in [5.74, 6) is 0. The average Bonchev–Trinajstić information content (AvgIpc) is 2.90. The topological polar surface area (TPSA) is 41.6 Å². The Kier molecular flexibility index (Phi) is 5.65. The van der Waals surface area contributed by atoms with Gasteiger partial charge in [-0.3, -0.25) is 0 Å². The maximum atomic E-state index is 12.1. The predicted molar refractivity (Wildman–Crippen MR) is 86.9 cm³/mol. The third kappa shape index (κ3) is 5.67. The molecule has 4 nitrogen and oxygen atoms in total. The number of thiophene rings is 1. The van der Waals surface area contributed by atoms with E-state index in [4.69, 9.17) is 4.74 Å². The molecule has 0 saturated carbocycles. The van der Waals surface area contributed by atoms with Gasteiger partial charge in [-0.05, 0) is 69.0 Å². The number of ether oxygens (including phenoxy) is 1. The second-order valence-corrected chi connectivity index (χ2v) is 7.38. The lowest BCUT2D eigenvalue weighted by Gasteiger charge is -2.34. The Labute approximate surface area is 131 Å². The van der Waals surface area contributed by atoms with Gasteiger partial charge in [0, 0.05) is 19.1 Å². The van der Waals surface area contributed by atoms with Crippen LogP contribution in [0.4, 0.5) is 4.79 Å². The van der Waals surface area contributed by atoms with E-state index in [0.717, 1.165) is 38.9 Å². The number of hydrogen-bond acceptors (Lipinski definition) is 4. The van der Waals surface area contributed by atoms with Crippen LogP contribution in [0.2, 0.25) is 0 Å². The number of piperidine rings is 1. The highest BCUT2D eigenvalue weighted by molar-refractivity contribution is 7.07. The number of likely N-dealkylation sites (tertiary alicyclic amines) is 1. The Morgan fingerprint density at radius 1 is 1.52 bits per heavy atom. The van der Waals surface area contributed by atoms with E-state index in [-0.39, 0.29) is 6.09 Å². The molecule has 0 spiro atoms. The molecule has 0 radical (unpaired) electrons. The van der Waals surface area contributed by atoms with Gasteiger partial charge in [0.1, 0.15) is 5.60 Å². The van der Waals surface area contributed by atoms with Crippen molar-refractivity contribution in [1.82, 2.24) is 10.2 Å². The zero-order chi connectivity index (χ0) is 15.3. The first kappa shape index (κ1) is 16.3. The second kappa shape index (κ2) is 7.27. The molecule has 118 valence electrons. The first-order valence-electron chi connectivity index (χ1n) is 7.66. The summed E-state index contributed by atoms with van der Waals surface area (Å²) in [5, 5.41) is 7.86. The van der Waals surface area contributed by atoms with Crippen LogP contribution in [0.5, 0.6) is 0 Å². The third-order valence-electron chi connectivity index (χ3n) is 3.50. The van der Waals surface area contributed by atoms with Gasteiger partial charge in [0.05, 0.1) is 0 Å². The van der Waals surface area contributed by atoms with Crippen molar-refractivity contribution in [3.63, 3.8) is 0 Å². The summed E-state index contributed by atoms with van der Waals surface area (Å²) in [6.07, 6.45) is 3.02. The van der Waals surface area contributed by atoms with Gasteiger partial charge in [-0.25, -0.2) is 4.79 Å². The summed E-state index contributed by atoms with van der Waals surface area (Å²) in [5.41, 5.74) is 0.962. The summed E-state index contributed by atoms with van der Waals surface area (Å²) in [6, 6.07) is 2.55. The highest BCUT2D eigenvalue weighted by Crippen LogP contribution is 2.15. The highest BCUT2D eigenvalue weighted by atomic mass is 32.1. The lowest BCUT2D eigenvalue weighted by atomic mass is 10.1. The molecule has 2 rings (SSSR count). The van der Waals surface area contributed by atoms with Crippen LogP contribution >= 0.6 is 11.3 Å². The highest BCUT2D eigenvalue weighted by Gasteiger charge is 2.27. The van der Waals surface area contributed by atoms with Gasteiger partial charge in [0.25, 0.3) is 0 Å². The smallest absolute Gasteiger partial charge is 0.410 e. The molecular weight excluding hydrogens is 284 g/mol. The van der Waals surface area contributed by atoms with Gasteiger partial charge < -0.3 is 15.0 Å². The van der Waals surface area contributed by atoms with E-state index in [1.165, 1.54) is 5.56 Å². The maximum absolute atomic E-state index is 12.1. The molecule has 1 aliphatic heterocycles. The molecule has 1 saturated heterocycles. The summed E-state index contributed by atoms with van der Waals surface area (Å²) < 4.78 is 5.45. The number of nitrogens with one attached hydrogen (secondary N) is 1. The Morgan fingerprint density at radius 2 is 2.33 bits per heavy atom. The monoisotopic (exact) mass is 310 g/mol. The van der Waals surface area contributed by atoms with Crippen molar-refractivity contribution in [2.75, 3.05) is 19.6 Å². The predicted octanol–water partition coefficient (Wildman–Crippen LogP) is 3.28.